The lowest BCUT2D eigenvalue weighted by molar-refractivity contribution is 0.217. The Morgan fingerprint density at radius 1 is 1.41 bits per heavy atom. The highest BCUT2D eigenvalue weighted by molar-refractivity contribution is 8.22. The summed E-state index contributed by atoms with van der Waals surface area (Å²) in [6.07, 6.45) is 3.38. The molecule has 0 aliphatic rings. The molecule has 2 N–H and O–H groups in total. The normalized spacial score (nSPS) is 12.5. The van der Waals surface area contributed by atoms with E-state index < -0.39 is 0 Å². The topological polar surface area (TPSA) is 62.6 Å². The van der Waals surface area contributed by atoms with Gasteiger partial charge in [-0.15, -0.1) is 0 Å². The number of rotatable bonds is 7. The number of thioether (sulfide) groups is 1. The van der Waals surface area contributed by atoms with E-state index in [0.717, 1.165) is 12.0 Å². The molecule has 0 bridgehead atoms. The van der Waals surface area contributed by atoms with Crippen LogP contribution >= 0.6 is 24.0 Å². The molecule has 0 aliphatic carbocycles. The molecule has 0 aromatic carbocycles. The van der Waals surface area contributed by atoms with Gasteiger partial charge in [0.05, 0.1) is 18.4 Å². The van der Waals surface area contributed by atoms with Crippen LogP contribution in [0.3, 0.4) is 0 Å². The lowest BCUT2D eigenvalue weighted by Gasteiger charge is -2.15. The molecule has 0 saturated heterocycles. The Hall–Kier alpha value is -0.850. The largest absolute Gasteiger partial charge is 0.506 e. The minimum Gasteiger partial charge on any atom is -0.506 e. The number of aliphatic hydroxyl groups is 1. The third-order valence-corrected chi connectivity index (χ3v) is 4.54. The highest BCUT2D eigenvalue weighted by atomic mass is 32.2. The monoisotopic (exact) mass is 343 g/mol. The van der Waals surface area contributed by atoms with Crippen LogP contribution < -0.4 is 0 Å². The van der Waals surface area contributed by atoms with Crippen LogP contribution in [-0.2, 0) is 23.5 Å². The van der Waals surface area contributed by atoms with Crippen LogP contribution in [0.1, 0.15) is 50.9 Å². The van der Waals surface area contributed by atoms with Gasteiger partial charge >= 0.3 is 0 Å². The predicted molar refractivity (Wildman–Crippen MR) is 95.1 cm³/mol. The van der Waals surface area contributed by atoms with Crippen LogP contribution in [0.2, 0.25) is 0 Å². The van der Waals surface area contributed by atoms with Gasteiger partial charge in [-0.2, -0.15) is 0 Å². The van der Waals surface area contributed by atoms with Gasteiger partial charge in [0.2, 0.25) is 4.38 Å². The second kappa shape index (κ2) is 9.33. The zero-order valence-corrected chi connectivity index (χ0v) is 15.3. The van der Waals surface area contributed by atoms with Gasteiger partial charge in [-0.25, -0.2) is 0 Å². The molecule has 0 fully saturated rings. The van der Waals surface area contributed by atoms with Gasteiger partial charge in [-0.1, -0.05) is 32.5 Å². The van der Waals surface area contributed by atoms with Crippen molar-refractivity contribution >= 4 is 28.4 Å². The van der Waals surface area contributed by atoms with E-state index in [9.17, 15) is 10.2 Å². The molecule has 1 unspecified atom stereocenters. The number of pyridine rings is 1. The molecular formula is C16H25NO3S2. The van der Waals surface area contributed by atoms with E-state index in [-0.39, 0.29) is 18.5 Å². The summed E-state index contributed by atoms with van der Waals surface area (Å²) in [5.41, 5.74) is 1.95. The Morgan fingerprint density at radius 3 is 2.64 bits per heavy atom. The first-order chi connectivity index (χ1) is 10.4. The first-order valence-electron chi connectivity index (χ1n) is 7.51. The fourth-order valence-corrected chi connectivity index (χ4v) is 2.97. The molecule has 0 amide bonds. The van der Waals surface area contributed by atoms with E-state index in [4.69, 9.17) is 17.0 Å². The SMILES string of the molecule is CCC(C)OC(=S)SCc1cnc(CC(C)C)c(O)c1CO. The average Bonchev–Trinajstić information content (AvgIpc) is 2.47. The molecule has 1 aromatic heterocycles. The van der Waals surface area contributed by atoms with Crippen molar-refractivity contribution in [3.05, 3.63) is 23.0 Å². The van der Waals surface area contributed by atoms with Crippen molar-refractivity contribution in [1.29, 1.82) is 0 Å². The van der Waals surface area contributed by atoms with E-state index in [2.05, 4.69) is 18.8 Å². The molecular weight excluding hydrogens is 318 g/mol. The summed E-state index contributed by atoms with van der Waals surface area (Å²) < 4.78 is 6.03. The van der Waals surface area contributed by atoms with E-state index >= 15 is 0 Å². The molecule has 4 nitrogen and oxygen atoms in total. The van der Waals surface area contributed by atoms with E-state index in [1.54, 1.807) is 6.20 Å². The van der Waals surface area contributed by atoms with Crippen molar-refractivity contribution in [3.63, 3.8) is 0 Å². The molecule has 1 atom stereocenters. The van der Waals surface area contributed by atoms with Gasteiger partial charge in [0.25, 0.3) is 0 Å². The maximum Gasteiger partial charge on any atom is 0.220 e. The van der Waals surface area contributed by atoms with Crippen molar-refractivity contribution < 1.29 is 14.9 Å². The number of ether oxygens (including phenoxy) is 1. The third kappa shape index (κ3) is 5.74. The van der Waals surface area contributed by atoms with E-state index in [0.29, 0.717) is 33.7 Å². The number of aromatic nitrogens is 1. The summed E-state index contributed by atoms with van der Waals surface area (Å²) >= 11 is 6.56. The molecule has 0 aliphatic heterocycles. The van der Waals surface area contributed by atoms with Crippen LogP contribution in [-0.4, -0.2) is 25.7 Å². The number of thiocarbonyl (C=S) groups is 1. The first-order valence-corrected chi connectivity index (χ1v) is 8.91. The zero-order valence-electron chi connectivity index (χ0n) is 13.6. The predicted octanol–water partition coefficient (Wildman–Crippen LogP) is 3.81. The summed E-state index contributed by atoms with van der Waals surface area (Å²) in [7, 11) is 0. The van der Waals surface area contributed by atoms with E-state index in [1.807, 2.05) is 13.8 Å². The average molecular weight is 344 g/mol. The molecule has 22 heavy (non-hydrogen) atoms. The second-order valence-electron chi connectivity index (χ2n) is 5.69. The minimum absolute atomic E-state index is 0.0947. The fraction of sp³-hybridized carbons (Fsp3) is 0.625. The molecule has 0 spiro atoms. The zero-order chi connectivity index (χ0) is 16.7. The second-order valence-corrected chi connectivity index (χ2v) is 7.27. The molecule has 6 heteroatoms. The summed E-state index contributed by atoms with van der Waals surface area (Å²) in [5.74, 6) is 1.01. The van der Waals surface area contributed by atoms with Gasteiger partial charge in [0.15, 0.2) is 0 Å². The quantitative estimate of drug-likeness (QED) is 0.734. The van der Waals surface area contributed by atoms with Crippen LogP contribution in [0, 0.1) is 5.92 Å². The van der Waals surface area contributed by atoms with Crippen molar-refractivity contribution in [2.75, 3.05) is 0 Å². The lowest BCUT2D eigenvalue weighted by Crippen LogP contribution is -2.10. The molecule has 124 valence electrons. The summed E-state index contributed by atoms with van der Waals surface area (Å²) in [5, 5.41) is 19.8. The summed E-state index contributed by atoms with van der Waals surface area (Å²) in [6, 6.07) is 0. The van der Waals surface area contributed by atoms with Crippen molar-refractivity contribution in [2.45, 2.75) is 59.0 Å². The first kappa shape index (κ1) is 19.2. The maximum absolute atomic E-state index is 10.3. The Morgan fingerprint density at radius 2 is 2.09 bits per heavy atom. The molecule has 0 saturated carbocycles. The molecule has 0 radical (unpaired) electrons. The van der Waals surface area contributed by atoms with Crippen molar-refractivity contribution in [2.24, 2.45) is 5.92 Å². The van der Waals surface area contributed by atoms with Crippen LogP contribution in [0.5, 0.6) is 5.75 Å². The number of aliphatic hydroxyl groups excluding tert-OH is 1. The van der Waals surface area contributed by atoms with E-state index in [1.165, 1.54) is 11.8 Å². The minimum atomic E-state index is -0.214. The molecule has 1 heterocycles. The van der Waals surface area contributed by atoms with Gasteiger partial charge in [0, 0.05) is 17.5 Å². The molecule has 1 aromatic rings. The molecule has 1 rings (SSSR count). The fourth-order valence-electron chi connectivity index (χ4n) is 1.88. The van der Waals surface area contributed by atoms with Crippen LogP contribution in [0.25, 0.3) is 0 Å². The van der Waals surface area contributed by atoms with Gasteiger partial charge in [0.1, 0.15) is 5.75 Å². The summed E-state index contributed by atoms with van der Waals surface area (Å²) in [6.45, 7) is 7.92. The van der Waals surface area contributed by atoms with Crippen molar-refractivity contribution in [3.8, 4) is 5.75 Å². The van der Waals surface area contributed by atoms with Crippen LogP contribution in [0.4, 0.5) is 0 Å². The van der Waals surface area contributed by atoms with Gasteiger partial charge in [-0.05, 0) is 43.5 Å². The Labute approximate surface area is 142 Å². The Bertz CT molecular complexity index is 506. The Kier molecular flexibility index (Phi) is 8.14. The number of nitrogens with zero attached hydrogens (tertiary/aromatic N) is 1. The maximum atomic E-state index is 10.3. The third-order valence-electron chi connectivity index (χ3n) is 3.30. The van der Waals surface area contributed by atoms with Crippen molar-refractivity contribution in [1.82, 2.24) is 4.98 Å². The number of hydrogen-bond donors (Lipinski definition) is 2. The number of aromatic hydroxyl groups is 1. The van der Waals surface area contributed by atoms with Gasteiger partial charge < -0.3 is 14.9 Å². The standard InChI is InChI=1S/C16H25NO3S2/c1-5-11(4)20-16(21)22-9-12-7-17-14(6-10(2)3)15(19)13(12)8-18/h7,10-11,18-19H,5-6,8-9H2,1-4H3. The smallest absolute Gasteiger partial charge is 0.220 e. The lowest BCUT2D eigenvalue weighted by atomic mass is 10.0. The highest BCUT2D eigenvalue weighted by Gasteiger charge is 2.15. The van der Waals surface area contributed by atoms with Crippen LogP contribution in [0.15, 0.2) is 6.20 Å². The Balaban J connectivity index is 2.79. The highest BCUT2D eigenvalue weighted by Crippen LogP contribution is 2.29. The summed E-state index contributed by atoms with van der Waals surface area (Å²) in [4.78, 5) is 4.32. The van der Waals surface area contributed by atoms with Gasteiger partial charge in [-0.3, -0.25) is 4.98 Å². The number of hydrogen-bond acceptors (Lipinski definition) is 6.